The van der Waals surface area contributed by atoms with Crippen molar-refractivity contribution in [2.75, 3.05) is 13.2 Å². The van der Waals surface area contributed by atoms with Crippen LogP contribution >= 0.6 is 7.14 Å². The van der Waals surface area contributed by atoms with Gasteiger partial charge in [0.25, 0.3) is 0 Å². The van der Waals surface area contributed by atoms with Gasteiger partial charge >= 0.3 is 0 Å². The van der Waals surface area contributed by atoms with E-state index in [4.69, 9.17) is 0 Å². The molecule has 3 nitrogen and oxygen atoms in total. The monoisotopic (exact) mass is 286 g/mol. The Bertz CT molecular complexity index is 720. The van der Waals surface area contributed by atoms with E-state index >= 15 is 0 Å². The van der Waals surface area contributed by atoms with E-state index in [0.29, 0.717) is 21.5 Å². The second-order valence-electron chi connectivity index (χ2n) is 4.70. The topological polar surface area (TPSA) is 57.5 Å². The standard InChI is InChI=1S/C16H15O3P/c17-10-14-13-8-4-5-9-15(13)20(19,16(14)11-18)12-6-2-1-3-7-12/h1-9,17-18H,10-11H2/t20-/m0/s1. The lowest BCUT2D eigenvalue weighted by Crippen LogP contribution is -2.16. The minimum Gasteiger partial charge on any atom is -0.392 e. The van der Waals surface area contributed by atoms with Gasteiger partial charge in [0.05, 0.1) is 13.2 Å². The second-order valence-corrected chi connectivity index (χ2v) is 7.46. The molecule has 0 saturated carbocycles. The van der Waals surface area contributed by atoms with Crippen molar-refractivity contribution in [1.29, 1.82) is 0 Å². The summed E-state index contributed by atoms with van der Waals surface area (Å²) in [6, 6.07) is 16.5. The third kappa shape index (κ3) is 1.71. The Kier molecular flexibility index (Phi) is 3.35. The number of hydrogen-bond donors (Lipinski definition) is 2. The van der Waals surface area contributed by atoms with E-state index in [9.17, 15) is 14.8 Å². The molecule has 2 aromatic carbocycles. The van der Waals surface area contributed by atoms with E-state index < -0.39 is 7.14 Å². The van der Waals surface area contributed by atoms with Crippen LogP contribution in [-0.4, -0.2) is 23.4 Å². The lowest BCUT2D eigenvalue weighted by Gasteiger charge is -2.17. The highest BCUT2D eigenvalue weighted by Crippen LogP contribution is 2.59. The van der Waals surface area contributed by atoms with E-state index in [0.717, 1.165) is 5.56 Å². The van der Waals surface area contributed by atoms with Gasteiger partial charge in [-0.05, 0) is 11.1 Å². The van der Waals surface area contributed by atoms with Crippen molar-refractivity contribution in [3.05, 3.63) is 65.5 Å². The Hall–Kier alpha value is -1.67. The van der Waals surface area contributed by atoms with Crippen LogP contribution in [0.5, 0.6) is 0 Å². The minimum absolute atomic E-state index is 0.219. The highest BCUT2D eigenvalue weighted by Gasteiger charge is 2.41. The van der Waals surface area contributed by atoms with E-state index in [1.54, 1.807) is 0 Å². The molecule has 3 rings (SSSR count). The zero-order valence-corrected chi connectivity index (χ0v) is 11.8. The zero-order valence-electron chi connectivity index (χ0n) is 10.9. The molecule has 0 fully saturated rings. The van der Waals surface area contributed by atoms with Crippen molar-refractivity contribution in [2.45, 2.75) is 0 Å². The lowest BCUT2D eigenvalue weighted by molar-refractivity contribution is 0.330. The van der Waals surface area contributed by atoms with Gasteiger partial charge in [0.2, 0.25) is 0 Å². The van der Waals surface area contributed by atoms with Crippen molar-refractivity contribution in [2.24, 2.45) is 0 Å². The van der Waals surface area contributed by atoms with Crippen molar-refractivity contribution in [1.82, 2.24) is 0 Å². The Morgan fingerprint density at radius 3 is 2.15 bits per heavy atom. The molecule has 4 heteroatoms. The molecule has 1 aliphatic heterocycles. The number of benzene rings is 2. The highest BCUT2D eigenvalue weighted by molar-refractivity contribution is 7.83. The molecule has 0 aliphatic carbocycles. The molecule has 2 N–H and O–H groups in total. The van der Waals surface area contributed by atoms with Gasteiger partial charge < -0.3 is 14.8 Å². The number of aliphatic hydroxyl groups excluding tert-OH is 2. The smallest absolute Gasteiger partial charge is 0.170 e. The SMILES string of the molecule is O=[P@]1(c2ccccc2)C(CO)=C(CO)c2ccccc21. The molecule has 1 atom stereocenters. The van der Waals surface area contributed by atoms with Crippen molar-refractivity contribution in [3.63, 3.8) is 0 Å². The van der Waals surface area contributed by atoms with Gasteiger partial charge in [0, 0.05) is 15.9 Å². The summed E-state index contributed by atoms with van der Waals surface area (Å²) in [4.78, 5) is 0. The van der Waals surface area contributed by atoms with Crippen LogP contribution in [0.2, 0.25) is 0 Å². The summed E-state index contributed by atoms with van der Waals surface area (Å²) in [6.45, 7) is -0.527. The molecule has 1 heterocycles. The third-order valence-corrected chi connectivity index (χ3v) is 6.99. The van der Waals surface area contributed by atoms with Gasteiger partial charge in [-0.15, -0.1) is 0 Å². The second kappa shape index (κ2) is 5.02. The first-order chi connectivity index (χ1) is 9.73. The summed E-state index contributed by atoms with van der Waals surface area (Å²) in [5.74, 6) is 0. The van der Waals surface area contributed by atoms with E-state index in [1.165, 1.54) is 0 Å². The first-order valence-corrected chi connectivity index (χ1v) is 8.14. The molecule has 20 heavy (non-hydrogen) atoms. The number of rotatable bonds is 3. The molecule has 0 saturated heterocycles. The molecule has 102 valence electrons. The average Bonchev–Trinajstić information content (AvgIpc) is 2.78. The molecule has 0 radical (unpaired) electrons. The largest absolute Gasteiger partial charge is 0.392 e. The van der Waals surface area contributed by atoms with Crippen molar-refractivity contribution in [3.8, 4) is 0 Å². The summed E-state index contributed by atoms with van der Waals surface area (Å²) in [7, 11) is -3.03. The van der Waals surface area contributed by atoms with Crippen molar-refractivity contribution >= 4 is 23.3 Å². The van der Waals surface area contributed by atoms with Crippen LogP contribution in [-0.2, 0) is 4.57 Å². The summed E-state index contributed by atoms with van der Waals surface area (Å²) in [5, 5.41) is 21.2. The van der Waals surface area contributed by atoms with Crippen LogP contribution in [0.25, 0.3) is 5.57 Å². The average molecular weight is 286 g/mol. The van der Waals surface area contributed by atoms with Gasteiger partial charge in [-0.3, -0.25) is 0 Å². The first-order valence-electron chi connectivity index (χ1n) is 6.43. The van der Waals surface area contributed by atoms with Crippen LogP contribution in [0, 0.1) is 0 Å². The van der Waals surface area contributed by atoms with Crippen LogP contribution < -0.4 is 10.6 Å². The predicted molar refractivity (Wildman–Crippen MR) is 80.9 cm³/mol. The molecule has 0 bridgehead atoms. The molecule has 0 spiro atoms. The summed E-state index contributed by atoms with van der Waals surface area (Å²) >= 11 is 0. The maximum absolute atomic E-state index is 13.6. The van der Waals surface area contributed by atoms with E-state index in [1.807, 2.05) is 54.6 Å². The maximum atomic E-state index is 13.6. The number of aliphatic hydroxyl groups is 2. The third-order valence-electron chi connectivity index (χ3n) is 3.72. The molecule has 0 aromatic heterocycles. The van der Waals surface area contributed by atoms with Gasteiger partial charge in [-0.2, -0.15) is 0 Å². The summed E-state index contributed by atoms with van der Waals surface area (Å²) in [5.41, 5.74) is 1.38. The van der Waals surface area contributed by atoms with E-state index in [-0.39, 0.29) is 13.2 Å². The Labute approximate surface area is 117 Å². The normalized spacial score (nSPS) is 21.1. The van der Waals surface area contributed by atoms with Crippen LogP contribution in [0.1, 0.15) is 5.56 Å². The minimum atomic E-state index is -3.03. The van der Waals surface area contributed by atoms with Crippen LogP contribution in [0.3, 0.4) is 0 Å². The molecule has 2 aromatic rings. The summed E-state index contributed by atoms with van der Waals surface area (Å²) in [6.07, 6.45) is 0. The fraction of sp³-hybridized carbons (Fsp3) is 0.125. The highest BCUT2D eigenvalue weighted by atomic mass is 31.2. The Morgan fingerprint density at radius 2 is 1.50 bits per heavy atom. The van der Waals surface area contributed by atoms with E-state index in [2.05, 4.69) is 0 Å². The van der Waals surface area contributed by atoms with Gasteiger partial charge in [0.15, 0.2) is 7.14 Å². The fourth-order valence-corrected chi connectivity index (χ4v) is 5.89. The molecular weight excluding hydrogens is 271 g/mol. The fourth-order valence-electron chi connectivity index (χ4n) is 2.80. The molecule has 0 unspecified atom stereocenters. The van der Waals surface area contributed by atoms with Gasteiger partial charge in [0.1, 0.15) is 0 Å². The Morgan fingerprint density at radius 1 is 0.850 bits per heavy atom. The molecule has 1 aliphatic rings. The number of hydrogen-bond acceptors (Lipinski definition) is 3. The zero-order chi connectivity index (χ0) is 14.2. The van der Waals surface area contributed by atoms with Gasteiger partial charge in [-0.25, -0.2) is 0 Å². The Balaban J connectivity index is 2.35. The lowest BCUT2D eigenvalue weighted by atomic mass is 10.1. The van der Waals surface area contributed by atoms with Crippen molar-refractivity contribution < 1.29 is 14.8 Å². The molecular formula is C16H15O3P. The first kappa shape index (κ1) is 13.3. The summed E-state index contributed by atoms with van der Waals surface area (Å²) < 4.78 is 13.6. The van der Waals surface area contributed by atoms with Gasteiger partial charge in [-0.1, -0.05) is 54.6 Å². The predicted octanol–water partition coefficient (Wildman–Crippen LogP) is 1.71. The molecule has 0 amide bonds. The quantitative estimate of drug-likeness (QED) is 0.845. The van der Waals surface area contributed by atoms with Crippen LogP contribution in [0.4, 0.5) is 0 Å². The van der Waals surface area contributed by atoms with Crippen LogP contribution in [0.15, 0.2) is 59.9 Å². The number of fused-ring (bicyclic) bond motifs is 1. The maximum Gasteiger partial charge on any atom is 0.170 e.